The van der Waals surface area contributed by atoms with Crippen molar-refractivity contribution in [1.29, 1.82) is 10.5 Å². The number of nitrogen functional groups attached to an aromatic ring is 1. The predicted octanol–water partition coefficient (Wildman–Crippen LogP) is 3.20. The lowest BCUT2D eigenvalue weighted by Gasteiger charge is -2.13. The van der Waals surface area contributed by atoms with Crippen molar-refractivity contribution in [3.8, 4) is 23.3 Å². The monoisotopic (exact) mass is 352 g/mol. The number of hydrogen-bond acceptors (Lipinski definition) is 6. The quantitative estimate of drug-likeness (QED) is 0.765. The fourth-order valence-corrected chi connectivity index (χ4v) is 3.26. The molecule has 0 spiro atoms. The van der Waals surface area contributed by atoms with Crippen LogP contribution in [0.1, 0.15) is 30.0 Å². The Balaban J connectivity index is 2.59. The van der Waals surface area contributed by atoms with Gasteiger partial charge < -0.3 is 10.8 Å². The summed E-state index contributed by atoms with van der Waals surface area (Å²) in [4.78, 5) is 14.8. The van der Waals surface area contributed by atoms with Gasteiger partial charge in [-0.3, -0.25) is 4.79 Å². The summed E-state index contributed by atoms with van der Waals surface area (Å²) < 4.78 is 0. The third kappa shape index (κ3) is 4.09. The van der Waals surface area contributed by atoms with Crippen molar-refractivity contribution in [2.75, 3.05) is 11.5 Å². The van der Waals surface area contributed by atoms with Gasteiger partial charge in [0.25, 0.3) is 0 Å². The van der Waals surface area contributed by atoms with Gasteiger partial charge >= 0.3 is 5.97 Å². The van der Waals surface area contributed by atoms with Gasteiger partial charge in [0.2, 0.25) is 0 Å². The lowest BCUT2D eigenvalue weighted by molar-refractivity contribution is -0.136. The maximum Gasteiger partial charge on any atom is 0.304 e. The number of benzene rings is 1. The first kappa shape index (κ1) is 18.3. The molecular formula is C18H16N4O2S. The zero-order valence-corrected chi connectivity index (χ0v) is 14.4. The number of thioether (sulfide) groups is 1. The van der Waals surface area contributed by atoms with Crippen LogP contribution >= 0.6 is 11.8 Å². The molecule has 2 aromatic rings. The second kappa shape index (κ2) is 8.18. The average molecular weight is 352 g/mol. The van der Waals surface area contributed by atoms with E-state index in [0.29, 0.717) is 16.2 Å². The Morgan fingerprint density at radius 3 is 2.40 bits per heavy atom. The number of anilines is 1. The fraction of sp³-hybridized carbons (Fsp3) is 0.222. The highest BCUT2D eigenvalue weighted by atomic mass is 32.2. The van der Waals surface area contributed by atoms with Crippen molar-refractivity contribution in [2.45, 2.75) is 24.8 Å². The van der Waals surface area contributed by atoms with Crippen LogP contribution in [0, 0.1) is 22.7 Å². The molecule has 0 saturated carbocycles. The molecule has 7 heteroatoms. The number of rotatable bonds is 6. The Morgan fingerprint density at radius 1 is 1.24 bits per heavy atom. The number of carboxylic acid groups (broad SMARTS) is 1. The molecule has 0 fully saturated rings. The van der Waals surface area contributed by atoms with Crippen molar-refractivity contribution >= 4 is 23.5 Å². The summed E-state index contributed by atoms with van der Waals surface area (Å²) in [5, 5.41) is 28.2. The van der Waals surface area contributed by atoms with Gasteiger partial charge in [-0.15, -0.1) is 11.8 Å². The van der Waals surface area contributed by atoms with Gasteiger partial charge in [-0.25, -0.2) is 4.98 Å². The minimum atomic E-state index is -0.928. The van der Waals surface area contributed by atoms with Crippen LogP contribution in [0.4, 0.5) is 5.82 Å². The van der Waals surface area contributed by atoms with E-state index in [-0.39, 0.29) is 29.1 Å². The maximum atomic E-state index is 10.7. The normalized spacial score (nSPS) is 10.0. The first-order valence-corrected chi connectivity index (χ1v) is 8.57. The third-order valence-corrected chi connectivity index (χ3v) is 4.60. The fourth-order valence-electron chi connectivity index (χ4n) is 2.33. The molecular weight excluding hydrogens is 336 g/mol. The second-order valence-electron chi connectivity index (χ2n) is 5.19. The maximum absolute atomic E-state index is 10.7. The third-order valence-electron chi connectivity index (χ3n) is 3.62. The van der Waals surface area contributed by atoms with Crippen molar-refractivity contribution in [3.63, 3.8) is 0 Å². The molecule has 1 heterocycles. The van der Waals surface area contributed by atoms with Crippen molar-refractivity contribution in [2.24, 2.45) is 0 Å². The molecule has 0 radical (unpaired) electrons. The lowest BCUT2D eigenvalue weighted by Crippen LogP contribution is -2.04. The molecule has 0 saturated heterocycles. The Labute approximate surface area is 149 Å². The van der Waals surface area contributed by atoms with Crippen molar-refractivity contribution < 1.29 is 9.90 Å². The molecule has 0 aliphatic rings. The van der Waals surface area contributed by atoms with E-state index >= 15 is 0 Å². The van der Waals surface area contributed by atoms with Crippen LogP contribution in [0.25, 0.3) is 11.1 Å². The Kier molecular flexibility index (Phi) is 5.99. The van der Waals surface area contributed by atoms with E-state index in [2.05, 4.69) is 11.1 Å². The van der Waals surface area contributed by atoms with Crippen LogP contribution in [0.15, 0.2) is 29.3 Å². The van der Waals surface area contributed by atoms with Crippen LogP contribution in [-0.4, -0.2) is 21.8 Å². The number of nitriles is 2. The molecule has 0 bridgehead atoms. The lowest BCUT2D eigenvalue weighted by atomic mass is 9.96. The number of nitrogens with two attached hydrogens (primary N) is 1. The highest BCUT2D eigenvalue weighted by Gasteiger charge is 2.20. The van der Waals surface area contributed by atoms with Crippen LogP contribution in [-0.2, 0) is 11.2 Å². The van der Waals surface area contributed by atoms with Crippen LogP contribution < -0.4 is 5.73 Å². The SMILES string of the molecule is CCc1ccc(-c2c(C#N)c(N)nc(SCCC(=O)O)c2C#N)cc1. The van der Waals surface area contributed by atoms with E-state index in [9.17, 15) is 15.3 Å². The van der Waals surface area contributed by atoms with E-state index in [1.807, 2.05) is 37.3 Å². The predicted molar refractivity (Wildman–Crippen MR) is 95.9 cm³/mol. The standard InChI is InChI=1S/C18H16N4O2S/c1-2-11-3-5-12(6-4-11)16-13(9-19)17(21)22-18(14(16)10-20)25-8-7-15(23)24/h3-6H,2,7-8H2,1H3,(H2,21,22)(H,23,24). The summed E-state index contributed by atoms with van der Waals surface area (Å²) in [5.41, 5.74) is 8.59. The van der Waals surface area contributed by atoms with Crippen LogP contribution in [0.3, 0.4) is 0 Å². The van der Waals surface area contributed by atoms with Gasteiger partial charge in [0, 0.05) is 11.3 Å². The largest absolute Gasteiger partial charge is 0.481 e. The van der Waals surface area contributed by atoms with Gasteiger partial charge in [0.1, 0.15) is 28.5 Å². The topological polar surface area (TPSA) is 124 Å². The van der Waals surface area contributed by atoms with E-state index in [1.54, 1.807) is 0 Å². The number of aryl methyl sites for hydroxylation is 1. The molecule has 0 aliphatic carbocycles. The number of aromatic nitrogens is 1. The molecule has 3 N–H and O–H groups in total. The number of aliphatic carboxylic acids is 1. The average Bonchev–Trinajstić information content (AvgIpc) is 2.61. The summed E-state index contributed by atoms with van der Waals surface area (Å²) in [5.74, 6) is -0.631. The Morgan fingerprint density at radius 2 is 1.88 bits per heavy atom. The van der Waals surface area contributed by atoms with Gasteiger partial charge in [0.05, 0.1) is 12.0 Å². The summed E-state index contributed by atoms with van der Waals surface area (Å²) in [6.45, 7) is 2.04. The second-order valence-corrected chi connectivity index (χ2v) is 6.28. The van der Waals surface area contributed by atoms with E-state index in [1.165, 1.54) is 0 Å². The van der Waals surface area contributed by atoms with E-state index in [4.69, 9.17) is 10.8 Å². The van der Waals surface area contributed by atoms with Gasteiger partial charge in [-0.1, -0.05) is 31.2 Å². The highest BCUT2D eigenvalue weighted by Crippen LogP contribution is 2.35. The molecule has 0 aliphatic heterocycles. The summed E-state index contributed by atoms with van der Waals surface area (Å²) in [7, 11) is 0. The molecule has 0 amide bonds. The van der Waals surface area contributed by atoms with Crippen LogP contribution in [0.5, 0.6) is 0 Å². The molecule has 25 heavy (non-hydrogen) atoms. The summed E-state index contributed by atoms with van der Waals surface area (Å²) in [6, 6.07) is 11.7. The number of pyridine rings is 1. The minimum Gasteiger partial charge on any atom is -0.481 e. The van der Waals surface area contributed by atoms with Crippen molar-refractivity contribution in [3.05, 3.63) is 41.0 Å². The summed E-state index contributed by atoms with van der Waals surface area (Å²) in [6.07, 6.45) is 0.822. The van der Waals surface area contributed by atoms with Crippen LogP contribution in [0.2, 0.25) is 0 Å². The van der Waals surface area contributed by atoms with Gasteiger partial charge in [-0.05, 0) is 17.5 Å². The van der Waals surface area contributed by atoms with Gasteiger partial charge in [-0.2, -0.15) is 10.5 Å². The van der Waals surface area contributed by atoms with E-state index in [0.717, 1.165) is 23.7 Å². The molecule has 1 aromatic heterocycles. The number of nitrogens with zero attached hydrogens (tertiary/aromatic N) is 3. The first-order chi connectivity index (χ1) is 12.0. The summed E-state index contributed by atoms with van der Waals surface area (Å²) >= 11 is 1.15. The number of carbonyl (C=O) groups is 1. The highest BCUT2D eigenvalue weighted by molar-refractivity contribution is 7.99. The van der Waals surface area contributed by atoms with Crippen molar-refractivity contribution in [1.82, 2.24) is 4.98 Å². The number of hydrogen-bond donors (Lipinski definition) is 2. The van der Waals surface area contributed by atoms with Gasteiger partial charge in [0.15, 0.2) is 0 Å². The zero-order valence-electron chi connectivity index (χ0n) is 13.6. The Bertz CT molecular complexity index is 880. The molecule has 2 rings (SSSR count). The molecule has 1 aromatic carbocycles. The first-order valence-electron chi connectivity index (χ1n) is 7.59. The Hall–Kier alpha value is -3.03. The molecule has 0 unspecified atom stereocenters. The number of carboxylic acids is 1. The zero-order chi connectivity index (χ0) is 18.4. The van der Waals surface area contributed by atoms with E-state index < -0.39 is 5.97 Å². The molecule has 126 valence electrons. The minimum absolute atomic E-state index is 0.0360. The smallest absolute Gasteiger partial charge is 0.304 e. The molecule has 6 nitrogen and oxygen atoms in total. The molecule has 0 atom stereocenters.